The largest absolute Gasteiger partial charge is 0.465 e. The van der Waals surface area contributed by atoms with E-state index in [9.17, 15) is 4.79 Å². The van der Waals surface area contributed by atoms with Crippen LogP contribution in [-0.2, 0) is 11.3 Å². The Kier molecular flexibility index (Phi) is 6.59. The Bertz CT molecular complexity index is 1010. The molecule has 8 heteroatoms. The number of piperazine rings is 1. The van der Waals surface area contributed by atoms with Crippen molar-refractivity contribution >= 4 is 17.5 Å². The molecule has 3 aromatic rings. The van der Waals surface area contributed by atoms with Crippen LogP contribution >= 0.6 is 0 Å². The Morgan fingerprint density at radius 2 is 1.84 bits per heavy atom. The second-order valence-electron chi connectivity index (χ2n) is 7.68. The van der Waals surface area contributed by atoms with Gasteiger partial charge in [0.05, 0.1) is 37.3 Å². The molecule has 1 N–H and O–H groups in total. The molecule has 0 amide bonds. The molecule has 0 spiro atoms. The van der Waals surface area contributed by atoms with Gasteiger partial charge in [0.2, 0.25) is 0 Å². The van der Waals surface area contributed by atoms with E-state index in [1.54, 1.807) is 18.5 Å². The van der Waals surface area contributed by atoms with Gasteiger partial charge in [-0.25, -0.2) is 9.48 Å². The van der Waals surface area contributed by atoms with Crippen molar-refractivity contribution in [3.8, 4) is 11.1 Å². The van der Waals surface area contributed by atoms with Gasteiger partial charge in [0.15, 0.2) is 0 Å². The predicted molar refractivity (Wildman–Crippen MR) is 120 cm³/mol. The number of anilines is 2. The minimum absolute atomic E-state index is 0.408. The van der Waals surface area contributed by atoms with Gasteiger partial charge in [0.25, 0.3) is 0 Å². The lowest BCUT2D eigenvalue weighted by atomic mass is 10.1. The van der Waals surface area contributed by atoms with E-state index in [0.717, 1.165) is 56.2 Å². The number of aromatic nitrogens is 3. The van der Waals surface area contributed by atoms with Gasteiger partial charge < -0.3 is 15.0 Å². The molecule has 1 aromatic carbocycles. The van der Waals surface area contributed by atoms with Gasteiger partial charge in [-0.2, -0.15) is 5.10 Å². The fourth-order valence-electron chi connectivity index (χ4n) is 3.73. The molecule has 1 aliphatic heterocycles. The fraction of sp³-hybridized carbons (Fsp3) is 0.348. The van der Waals surface area contributed by atoms with Crippen molar-refractivity contribution in [1.82, 2.24) is 24.6 Å². The first kappa shape index (κ1) is 21.0. The molecule has 0 saturated carbocycles. The normalized spacial score (nSPS) is 15.0. The van der Waals surface area contributed by atoms with Gasteiger partial charge in [0.1, 0.15) is 5.82 Å². The smallest absolute Gasteiger partial charge is 0.340 e. The molecular weight excluding hydrogens is 392 g/mol. The monoisotopic (exact) mass is 420 g/mol. The Morgan fingerprint density at radius 3 is 2.58 bits per heavy atom. The van der Waals surface area contributed by atoms with Crippen LogP contribution in [0.15, 0.2) is 55.0 Å². The van der Waals surface area contributed by atoms with E-state index in [1.165, 1.54) is 7.11 Å². The van der Waals surface area contributed by atoms with Gasteiger partial charge in [0, 0.05) is 44.5 Å². The van der Waals surface area contributed by atoms with E-state index >= 15 is 0 Å². The summed E-state index contributed by atoms with van der Waals surface area (Å²) >= 11 is 0. The van der Waals surface area contributed by atoms with Crippen LogP contribution in [0, 0.1) is 0 Å². The number of methoxy groups -OCH3 is 1. The van der Waals surface area contributed by atoms with Crippen LogP contribution in [0.4, 0.5) is 11.5 Å². The third-order valence-corrected chi connectivity index (χ3v) is 5.63. The summed E-state index contributed by atoms with van der Waals surface area (Å²) in [6.07, 6.45) is 5.09. The number of esters is 1. The summed E-state index contributed by atoms with van der Waals surface area (Å²) in [4.78, 5) is 21.2. The number of likely N-dealkylation sites (N-methyl/N-ethyl adjacent to an activating group) is 1. The molecular formula is C23H28N6O2. The molecule has 4 rings (SSSR count). The van der Waals surface area contributed by atoms with Crippen molar-refractivity contribution < 1.29 is 9.53 Å². The summed E-state index contributed by atoms with van der Waals surface area (Å²) in [6, 6.07) is 11.8. The molecule has 0 bridgehead atoms. The zero-order valence-electron chi connectivity index (χ0n) is 18.0. The lowest BCUT2D eigenvalue weighted by molar-refractivity contribution is 0.0601. The lowest BCUT2D eigenvalue weighted by Gasteiger charge is -2.32. The first-order valence-corrected chi connectivity index (χ1v) is 10.5. The minimum Gasteiger partial charge on any atom is -0.465 e. The van der Waals surface area contributed by atoms with Gasteiger partial charge in [-0.05, 0) is 18.7 Å². The van der Waals surface area contributed by atoms with Crippen molar-refractivity contribution in [1.29, 1.82) is 0 Å². The van der Waals surface area contributed by atoms with Crippen molar-refractivity contribution in [3.63, 3.8) is 0 Å². The van der Waals surface area contributed by atoms with Crippen molar-refractivity contribution in [3.05, 3.63) is 60.6 Å². The van der Waals surface area contributed by atoms with Gasteiger partial charge in [-0.1, -0.05) is 30.3 Å². The van der Waals surface area contributed by atoms with E-state index in [1.807, 2.05) is 29.1 Å². The maximum absolute atomic E-state index is 12.2. The van der Waals surface area contributed by atoms with Gasteiger partial charge in [-0.15, -0.1) is 0 Å². The summed E-state index contributed by atoms with van der Waals surface area (Å²) < 4.78 is 6.90. The van der Waals surface area contributed by atoms with Crippen LogP contribution in [0.25, 0.3) is 11.1 Å². The number of hydrogen-bond donors (Lipinski definition) is 1. The highest BCUT2D eigenvalue weighted by atomic mass is 16.5. The molecule has 31 heavy (non-hydrogen) atoms. The van der Waals surface area contributed by atoms with Crippen LogP contribution in [0.2, 0.25) is 0 Å². The average molecular weight is 421 g/mol. The molecule has 0 unspecified atom stereocenters. The van der Waals surface area contributed by atoms with Crippen molar-refractivity contribution in [2.45, 2.75) is 6.54 Å². The fourth-order valence-corrected chi connectivity index (χ4v) is 3.73. The number of nitrogens with one attached hydrogen (secondary N) is 1. The average Bonchev–Trinajstić information content (AvgIpc) is 3.21. The van der Waals surface area contributed by atoms with E-state index < -0.39 is 5.97 Å². The maximum atomic E-state index is 12.2. The Labute approximate surface area is 182 Å². The number of nitrogens with zero attached hydrogens (tertiary/aromatic N) is 5. The number of benzene rings is 1. The highest BCUT2D eigenvalue weighted by molar-refractivity contribution is 5.96. The third kappa shape index (κ3) is 4.92. The Morgan fingerprint density at radius 1 is 1.06 bits per heavy atom. The highest BCUT2D eigenvalue weighted by Gasteiger charge is 2.19. The summed E-state index contributed by atoms with van der Waals surface area (Å²) in [6.45, 7) is 5.93. The van der Waals surface area contributed by atoms with Gasteiger partial charge >= 0.3 is 5.97 Å². The second-order valence-corrected chi connectivity index (χ2v) is 7.68. The Balaban J connectivity index is 1.63. The van der Waals surface area contributed by atoms with E-state index in [-0.39, 0.29) is 0 Å². The highest BCUT2D eigenvalue weighted by Crippen LogP contribution is 2.31. The number of ether oxygens (including phenoxy) is 1. The number of hydrogen-bond acceptors (Lipinski definition) is 7. The van der Waals surface area contributed by atoms with E-state index in [0.29, 0.717) is 11.3 Å². The first-order valence-electron chi connectivity index (χ1n) is 10.5. The number of carbonyl (C=O) groups excluding carboxylic acids is 1. The van der Waals surface area contributed by atoms with Crippen molar-refractivity contribution in [2.24, 2.45) is 0 Å². The third-order valence-electron chi connectivity index (χ3n) is 5.63. The number of pyridine rings is 1. The molecule has 162 valence electrons. The van der Waals surface area contributed by atoms with Crippen molar-refractivity contribution in [2.75, 3.05) is 52.2 Å². The van der Waals surface area contributed by atoms with Crippen LogP contribution in [0.1, 0.15) is 10.4 Å². The van der Waals surface area contributed by atoms with E-state index in [2.05, 4.69) is 44.4 Å². The summed E-state index contributed by atoms with van der Waals surface area (Å²) in [5, 5.41) is 8.07. The second kappa shape index (κ2) is 9.72. The molecule has 0 radical (unpaired) electrons. The summed E-state index contributed by atoms with van der Waals surface area (Å²) in [7, 11) is 3.54. The summed E-state index contributed by atoms with van der Waals surface area (Å²) in [5.41, 5.74) is 3.05. The molecule has 2 aromatic heterocycles. The molecule has 8 nitrogen and oxygen atoms in total. The minimum atomic E-state index is -0.408. The molecule has 0 atom stereocenters. The predicted octanol–water partition coefficient (Wildman–Crippen LogP) is 2.72. The SMILES string of the molecule is COC(=O)c1ccncc1Nc1c(-c2ccccc2)cnn1CCN1CCN(C)CC1. The lowest BCUT2D eigenvalue weighted by Crippen LogP contribution is -2.45. The van der Waals surface area contributed by atoms with E-state index in [4.69, 9.17) is 4.74 Å². The molecule has 3 heterocycles. The zero-order chi connectivity index (χ0) is 21.6. The standard InChI is InChI=1S/C23H28N6O2/c1-27-10-12-28(13-11-27)14-15-29-22(20(16-25-29)18-6-4-3-5-7-18)26-21-17-24-9-8-19(21)23(30)31-2/h3-9,16-17,26H,10-15H2,1-2H3. The maximum Gasteiger partial charge on any atom is 0.340 e. The van der Waals surface area contributed by atoms with Crippen LogP contribution < -0.4 is 5.32 Å². The molecule has 0 aliphatic carbocycles. The van der Waals surface area contributed by atoms with Gasteiger partial charge in [-0.3, -0.25) is 9.88 Å². The summed E-state index contributed by atoms with van der Waals surface area (Å²) in [5.74, 6) is 0.424. The number of carbonyl (C=O) groups is 1. The first-order chi connectivity index (χ1) is 15.2. The Hall–Kier alpha value is -3.23. The quantitative estimate of drug-likeness (QED) is 0.589. The molecule has 1 fully saturated rings. The molecule has 1 saturated heterocycles. The van der Waals surface area contributed by atoms with Crippen LogP contribution in [-0.4, -0.2) is 77.4 Å². The number of rotatable bonds is 7. The zero-order valence-corrected chi connectivity index (χ0v) is 18.0. The molecule has 1 aliphatic rings. The van der Waals surface area contributed by atoms with Crippen LogP contribution in [0.5, 0.6) is 0 Å². The topological polar surface area (TPSA) is 75.5 Å². The van der Waals surface area contributed by atoms with Crippen LogP contribution in [0.3, 0.4) is 0 Å².